The van der Waals surface area contributed by atoms with E-state index in [9.17, 15) is 14.4 Å². The quantitative estimate of drug-likeness (QED) is 0.809. The molecule has 1 saturated heterocycles. The molecule has 0 unspecified atom stereocenters. The average Bonchev–Trinajstić information content (AvgIpc) is 2.95. The summed E-state index contributed by atoms with van der Waals surface area (Å²) in [7, 11) is 0. The minimum Gasteiger partial charge on any atom is -0.339 e. The predicted molar refractivity (Wildman–Crippen MR) is 97.0 cm³/mol. The van der Waals surface area contributed by atoms with E-state index in [2.05, 4.69) is 27.8 Å². The molecular formula is C18H16N4O3S. The van der Waals surface area contributed by atoms with Crippen LogP contribution in [0.25, 0.3) is 0 Å². The molecule has 0 bridgehead atoms. The third-order valence-corrected chi connectivity index (χ3v) is 5.28. The number of rotatable bonds is 4. The van der Waals surface area contributed by atoms with Crippen molar-refractivity contribution < 1.29 is 14.4 Å². The number of carbonyl (C=O) groups excluding carboxylic acids is 3. The Morgan fingerprint density at radius 3 is 2.23 bits per heavy atom. The van der Waals surface area contributed by atoms with Crippen LogP contribution in [0.15, 0.2) is 58.3 Å². The SMILES string of the molecule is O=C1CN(NC(=O)CCN2c3ccccc3Sc3ccccc32)C(=O)N1. The number of nitrogens with one attached hydrogen (secondary N) is 2. The summed E-state index contributed by atoms with van der Waals surface area (Å²) in [6.07, 6.45) is 0.186. The van der Waals surface area contributed by atoms with Crippen molar-refractivity contribution in [3.63, 3.8) is 0 Å². The number of benzene rings is 2. The number of carbonyl (C=O) groups is 3. The van der Waals surface area contributed by atoms with Crippen LogP contribution in [0.1, 0.15) is 6.42 Å². The standard InChI is InChI=1S/C18H16N4O3S/c23-16(20-22-11-17(24)19-18(22)25)9-10-21-12-5-1-3-7-14(12)26-15-8-4-2-6-13(15)21/h1-8H,9-11H2,(H,20,23)(H,19,24,25). The zero-order valence-electron chi connectivity index (χ0n) is 13.8. The maximum absolute atomic E-state index is 12.2. The number of anilines is 2. The van der Waals surface area contributed by atoms with Crippen molar-refractivity contribution in [1.29, 1.82) is 0 Å². The van der Waals surface area contributed by atoms with Crippen LogP contribution in [-0.2, 0) is 9.59 Å². The highest BCUT2D eigenvalue weighted by molar-refractivity contribution is 7.99. The van der Waals surface area contributed by atoms with Gasteiger partial charge in [-0.3, -0.25) is 20.3 Å². The molecule has 0 atom stereocenters. The van der Waals surface area contributed by atoms with Gasteiger partial charge in [-0.05, 0) is 24.3 Å². The smallest absolute Gasteiger partial charge is 0.339 e. The van der Waals surface area contributed by atoms with Crippen LogP contribution in [0.4, 0.5) is 16.2 Å². The van der Waals surface area contributed by atoms with E-state index in [1.807, 2.05) is 36.4 Å². The van der Waals surface area contributed by atoms with Crippen LogP contribution in [0, 0.1) is 0 Å². The fraction of sp³-hybridized carbons (Fsp3) is 0.167. The van der Waals surface area contributed by atoms with Crippen molar-refractivity contribution >= 4 is 41.0 Å². The lowest BCUT2D eigenvalue weighted by molar-refractivity contribution is -0.124. The summed E-state index contributed by atoms with van der Waals surface area (Å²) in [5.74, 6) is -0.741. The molecule has 26 heavy (non-hydrogen) atoms. The molecule has 2 aliphatic heterocycles. The Balaban J connectivity index is 1.49. The fourth-order valence-electron chi connectivity index (χ4n) is 2.97. The molecule has 1 fully saturated rings. The minimum atomic E-state index is -0.603. The summed E-state index contributed by atoms with van der Waals surface area (Å²) in [6, 6.07) is 15.5. The Morgan fingerprint density at radius 2 is 1.65 bits per heavy atom. The van der Waals surface area contributed by atoms with E-state index in [0.717, 1.165) is 26.2 Å². The van der Waals surface area contributed by atoms with Gasteiger partial charge in [0.1, 0.15) is 6.54 Å². The molecule has 0 saturated carbocycles. The van der Waals surface area contributed by atoms with Crippen LogP contribution < -0.4 is 15.6 Å². The first-order valence-electron chi connectivity index (χ1n) is 8.16. The highest BCUT2D eigenvalue weighted by Crippen LogP contribution is 2.47. The van der Waals surface area contributed by atoms with Gasteiger partial charge in [0.15, 0.2) is 0 Å². The molecule has 4 amide bonds. The highest BCUT2D eigenvalue weighted by atomic mass is 32.2. The average molecular weight is 368 g/mol. The number of hydrazine groups is 1. The fourth-order valence-corrected chi connectivity index (χ4v) is 4.07. The predicted octanol–water partition coefficient (Wildman–Crippen LogP) is 2.26. The second-order valence-electron chi connectivity index (χ2n) is 5.91. The van der Waals surface area contributed by atoms with Crippen LogP contribution in [0.5, 0.6) is 0 Å². The van der Waals surface area contributed by atoms with E-state index < -0.39 is 11.9 Å². The summed E-state index contributed by atoms with van der Waals surface area (Å²) in [4.78, 5) is 39.3. The molecule has 0 aromatic heterocycles. The summed E-state index contributed by atoms with van der Waals surface area (Å²) >= 11 is 1.71. The molecule has 2 heterocycles. The molecule has 7 nitrogen and oxygen atoms in total. The van der Waals surface area contributed by atoms with Gasteiger partial charge in [-0.15, -0.1) is 0 Å². The van der Waals surface area contributed by atoms with E-state index in [4.69, 9.17) is 0 Å². The number of hydrogen-bond donors (Lipinski definition) is 2. The summed E-state index contributed by atoms with van der Waals surface area (Å²) in [5.41, 5.74) is 4.58. The van der Waals surface area contributed by atoms with Gasteiger partial charge in [0.2, 0.25) is 11.8 Å². The van der Waals surface area contributed by atoms with Gasteiger partial charge < -0.3 is 4.90 Å². The molecule has 4 rings (SSSR count). The lowest BCUT2D eigenvalue weighted by atomic mass is 10.2. The summed E-state index contributed by atoms with van der Waals surface area (Å²) in [6.45, 7) is 0.306. The van der Waals surface area contributed by atoms with Crippen LogP contribution >= 0.6 is 11.8 Å². The Kier molecular flexibility index (Phi) is 4.26. The Morgan fingerprint density at radius 1 is 1.04 bits per heavy atom. The van der Waals surface area contributed by atoms with E-state index in [-0.39, 0.29) is 18.9 Å². The maximum Gasteiger partial charge on any atom is 0.343 e. The van der Waals surface area contributed by atoms with Gasteiger partial charge in [-0.25, -0.2) is 9.80 Å². The first kappa shape index (κ1) is 16.5. The van der Waals surface area contributed by atoms with Crippen molar-refractivity contribution in [3.05, 3.63) is 48.5 Å². The minimum absolute atomic E-state index is 0.156. The molecule has 0 radical (unpaired) electrons. The van der Waals surface area contributed by atoms with Crippen molar-refractivity contribution in [1.82, 2.24) is 15.8 Å². The van der Waals surface area contributed by atoms with E-state index in [0.29, 0.717) is 6.54 Å². The number of hydrogen-bond acceptors (Lipinski definition) is 5. The molecule has 0 spiro atoms. The number of urea groups is 1. The molecule has 2 aromatic rings. The largest absolute Gasteiger partial charge is 0.343 e. The van der Waals surface area contributed by atoms with Crippen LogP contribution in [-0.4, -0.2) is 35.9 Å². The lowest BCUT2D eigenvalue weighted by Gasteiger charge is -2.32. The van der Waals surface area contributed by atoms with Gasteiger partial charge in [-0.2, -0.15) is 0 Å². The molecule has 2 aromatic carbocycles. The number of imide groups is 1. The lowest BCUT2D eigenvalue weighted by Crippen LogP contribution is -2.44. The Hall–Kier alpha value is -3.00. The Labute approximate surface area is 154 Å². The third kappa shape index (κ3) is 3.11. The van der Waals surface area contributed by atoms with Crippen molar-refractivity contribution in [2.24, 2.45) is 0 Å². The molecule has 132 valence electrons. The third-order valence-electron chi connectivity index (χ3n) is 4.15. The number of para-hydroxylation sites is 2. The van der Waals surface area contributed by atoms with E-state index in [1.54, 1.807) is 11.8 Å². The molecule has 2 N–H and O–H groups in total. The van der Waals surface area contributed by atoms with Gasteiger partial charge >= 0.3 is 6.03 Å². The second-order valence-corrected chi connectivity index (χ2v) is 7.00. The van der Waals surface area contributed by atoms with E-state index in [1.165, 1.54) is 0 Å². The number of fused-ring (bicyclic) bond motifs is 2. The molecule has 0 aliphatic carbocycles. The molecular weight excluding hydrogens is 352 g/mol. The molecule has 2 aliphatic rings. The monoisotopic (exact) mass is 368 g/mol. The van der Waals surface area contributed by atoms with Crippen LogP contribution in [0.3, 0.4) is 0 Å². The first-order valence-corrected chi connectivity index (χ1v) is 8.98. The van der Waals surface area contributed by atoms with Gasteiger partial charge in [0, 0.05) is 22.8 Å². The zero-order chi connectivity index (χ0) is 18.1. The van der Waals surface area contributed by atoms with Gasteiger partial charge in [0.05, 0.1) is 11.4 Å². The van der Waals surface area contributed by atoms with Crippen molar-refractivity contribution in [3.8, 4) is 0 Å². The summed E-state index contributed by atoms with van der Waals surface area (Å²) in [5, 5.41) is 3.12. The highest BCUT2D eigenvalue weighted by Gasteiger charge is 2.28. The normalized spacial score (nSPS) is 15.4. The van der Waals surface area contributed by atoms with Gasteiger partial charge in [0.25, 0.3) is 0 Å². The van der Waals surface area contributed by atoms with Crippen molar-refractivity contribution in [2.75, 3.05) is 18.0 Å². The second kappa shape index (κ2) is 6.72. The zero-order valence-corrected chi connectivity index (χ0v) is 14.6. The van der Waals surface area contributed by atoms with Gasteiger partial charge in [-0.1, -0.05) is 36.0 Å². The van der Waals surface area contributed by atoms with Crippen molar-refractivity contribution in [2.45, 2.75) is 16.2 Å². The topological polar surface area (TPSA) is 81.8 Å². The summed E-state index contributed by atoms with van der Waals surface area (Å²) < 4.78 is 0. The first-order chi connectivity index (χ1) is 12.6. The molecule has 8 heteroatoms. The number of nitrogens with zero attached hydrogens (tertiary/aromatic N) is 2. The van der Waals surface area contributed by atoms with Crippen LogP contribution in [0.2, 0.25) is 0 Å². The van der Waals surface area contributed by atoms with E-state index >= 15 is 0 Å². The maximum atomic E-state index is 12.2. The Bertz CT molecular complexity index is 856. The number of amides is 4.